The maximum absolute atomic E-state index is 14.8. The number of hydrogen-bond acceptors (Lipinski definition) is 5. The Bertz CT molecular complexity index is 1280. The molecule has 2 unspecified atom stereocenters. The molecule has 3 aromatic rings. The Morgan fingerprint density at radius 2 is 2.00 bits per heavy atom. The number of hydrogen-bond donors (Lipinski definition) is 3. The van der Waals surface area contributed by atoms with E-state index in [1.165, 1.54) is 6.07 Å². The van der Waals surface area contributed by atoms with Crippen LogP contribution in [0.2, 0.25) is 0 Å². The van der Waals surface area contributed by atoms with Gasteiger partial charge in [0, 0.05) is 41.6 Å². The lowest BCUT2D eigenvalue weighted by Gasteiger charge is -2.22. The van der Waals surface area contributed by atoms with E-state index in [2.05, 4.69) is 48.7 Å². The summed E-state index contributed by atoms with van der Waals surface area (Å²) in [4.78, 5) is 19.1. The summed E-state index contributed by atoms with van der Waals surface area (Å²) in [6, 6.07) is 13.4. The second-order valence-electron chi connectivity index (χ2n) is 7.97. The van der Waals surface area contributed by atoms with Crippen LogP contribution in [-0.2, 0) is 4.74 Å². The first-order valence-electron chi connectivity index (χ1n) is 10.9. The van der Waals surface area contributed by atoms with E-state index < -0.39 is 11.8 Å². The molecule has 0 saturated carbocycles. The van der Waals surface area contributed by atoms with E-state index in [-0.39, 0.29) is 18.0 Å². The minimum absolute atomic E-state index is 0.0743. The minimum Gasteiger partial charge on any atom is -0.373 e. The molecule has 7 nitrogen and oxygen atoms in total. The zero-order valence-electron chi connectivity index (χ0n) is 18.6. The molecule has 2 amide bonds. The number of halogens is 2. The number of anilines is 4. The number of pyridine rings is 1. The molecule has 0 radical (unpaired) electrons. The predicted molar refractivity (Wildman–Crippen MR) is 137 cm³/mol. The summed E-state index contributed by atoms with van der Waals surface area (Å²) in [5, 5.41) is 8.40. The second kappa shape index (κ2) is 9.08. The van der Waals surface area contributed by atoms with E-state index in [0.717, 1.165) is 34.8 Å². The molecule has 0 aliphatic carbocycles. The first-order chi connectivity index (χ1) is 16.5. The van der Waals surface area contributed by atoms with Crippen molar-refractivity contribution in [3.05, 3.63) is 76.1 Å². The number of nitrogens with one attached hydrogen (secondary N) is 3. The van der Waals surface area contributed by atoms with Crippen LogP contribution in [0.25, 0.3) is 11.6 Å². The number of benzene rings is 2. The highest BCUT2D eigenvalue weighted by Crippen LogP contribution is 2.47. The summed E-state index contributed by atoms with van der Waals surface area (Å²) in [5.41, 5.74) is 4.28. The van der Waals surface area contributed by atoms with Crippen LogP contribution in [0.3, 0.4) is 0 Å². The van der Waals surface area contributed by atoms with Crippen LogP contribution < -0.4 is 20.9 Å². The number of nitrogens with zero attached hydrogens (tertiary/aromatic N) is 2. The van der Waals surface area contributed by atoms with Crippen molar-refractivity contribution in [3.63, 3.8) is 0 Å². The fourth-order valence-corrected chi connectivity index (χ4v) is 4.71. The molecule has 0 spiro atoms. The Hall–Kier alpha value is -3.43. The zero-order chi connectivity index (χ0) is 23.8. The lowest BCUT2D eigenvalue weighted by molar-refractivity contribution is 0.262. The third-order valence-electron chi connectivity index (χ3n) is 5.86. The van der Waals surface area contributed by atoms with E-state index in [1.807, 2.05) is 43.6 Å². The minimum atomic E-state index is -0.544. The van der Waals surface area contributed by atoms with Crippen molar-refractivity contribution in [1.82, 2.24) is 4.98 Å². The molecule has 9 heteroatoms. The van der Waals surface area contributed by atoms with Crippen molar-refractivity contribution in [1.29, 1.82) is 0 Å². The Kier molecular flexibility index (Phi) is 5.97. The van der Waals surface area contributed by atoms with Crippen LogP contribution in [0.4, 0.5) is 32.1 Å². The van der Waals surface area contributed by atoms with Gasteiger partial charge in [-0.1, -0.05) is 34.1 Å². The third-order valence-corrected chi connectivity index (χ3v) is 6.51. The molecule has 0 bridgehead atoms. The average molecular weight is 524 g/mol. The van der Waals surface area contributed by atoms with Crippen LogP contribution in [0, 0.1) is 5.82 Å². The Balaban J connectivity index is 1.49. The molecule has 2 aromatic carbocycles. The number of aromatic nitrogens is 1. The quantitative estimate of drug-likeness (QED) is 0.369. The number of amides is 2. The van der Waals surface area contributed by atoms with Crippen LogP contribution >= 0.6 is 15.9 Å². The molecule has 1 fully saturated rings. The first kappa shape index (κ1) is 22.4. The van der Waals surface area contributed by atoms with Crippen molar-refractivity contribution >= 4 is 56.5 Å². The Morgan fingerprint density at radius 3 is 2.74 bits per heavy atom. The van der Waals surface area contributed by atoms with E-state index in [0.29, 0.717) is 10.2 Å². The Morgan fingerprint density at radius 1 is 1.21 bits per heavy atom. The highest BCUT2D eigenvalue weighted by atomic mass is 79.9. The fourth-order valence-electron chi connectivity index (χ4n) is 4.16. The lowest BCUT2D eigenvalue weighted by atomic mass is 9.99. The molecular weight excluding hydrogens is 501 g/mol. The van der Waals surface area contributed by atoms with Gasteiger partial charge < -0.3 is 25.6 Å². The van der Waals surface area contributed by atoms with E-state index in [4.69, 9.17) is 4.74 Å². The molecule has 1 saturated heterocycles. The molecule has 34 heavy (non-hydrogen) atoms. The number of carbonyl (C=O) groups excluding carboxylic acids is 1. The molecule has 2 aliphatic rings. The normalized spacial score (nSPS) is 18.2. The highest BCUT2D eigenvalue weighted by Gasteiger charge is 2.48. The standard InChI is InChI=1S/C25H23BrFN5O2/c1-3-32-21-12-22(28-2)29-13-14(21)9-17(23-24(32)34-23)16-10-20(19(27)11-18(16)26)31-25(33)30-15-7-5-4-6-8-15/h4-13,23-24H,3H2,1-2H3,(H,28,29)(H2,30,31,33). The maximum atomic E-state index is 14.8. The number of urea groups is 1. The predicted octanol–water partition coefficient (Wildman–Crippen LogP) is 5.77. The van der Waals surface area contributed by atoms with Gasteiger partial charge in [-0.15, -0.1) is 0 Å². The number of para-hydroxylation sites is 1. The van der Waals surface area contributed by atoms with Gasteiger partial charge >= 0.3 is 6.03 Å². The Labute approximate surface area is 205 Å². The van der Waals surface area contributed by atoms with E-state index >= 15 is 0 Å². The van der Waals surface area contributed by atoms with Crippen LogP contribution in [0.5, 0.6) is 0 Å². The molecule has 2 atom stereocenters. The molecule has 5 rings (SSSR count). The third kappa shape index (κ3) is 4.24. The van der Waals surface area contributed by atoms with Crippen molar-refractivity contribution in [3.8, 4) is 0 Å². The molecule has 3 heterocycles. The smallest absolute Gasteiger partial charge is 0.323 e. The van der Waals surface area contributed by atoms with Gasteiger partial charge in [-0.2, -0.15) is 0 Å². The van der Waals surface area contributed by atoms with Crippen LogP contribution in [0.1, 0.15) is 18.1 Å². The number of carbonyl (C=O) groups is 1. The molecule has 1 aromatic heterocycles. The van der Waals surface area contributed by atoms with Crippen molar-refractivity contribution in [2.75, 3.05) is 34.4 Å². The van der Waals surface area contributed by atoms with Gasteiger partial charge in [-0.05, 0) is 48.4 Å². The second-order valence-corrected chi connectivity index (χ2v) is 8.82. The van der Waals surface area contributed by atoms with Crippen LogP contribution in [0.15, 0.2) is 59.2 Å². The fraction of sp³-hybridized carbons (Fsp3) is 0.200. The number of fused-ring (bicyclic) bond motifs is 2. The SMILES string of the molecule is CCN1c2cc(NC)ncc2C=C(c2cc(NC(=O)Nc3ccccc3)c(F)cc2Br)C2OC21. The topological polar surface area (TPSA) is 81.8 Å². The number of ether oxygens (including phenoxy) is 1. The highest BCUT2D eigenvalue weighted by molar-refractivity contribution is 9.10. The largest absolute Gasteiger partial charge is 0.373 e. The average Bonchev–Trinajstić information content (AvgIpc) is 3.62. The van der Waals surface area contributed by atoms with Gasteiger partial charge in [0.25, 0.3) is 0 Å². The molecular formula is C25H23BrFN5O2. The van der Waals surface area contributed by atoms with Gasteiger partial charge in [0.15, 0.2) is 6.23 Å². The van der Waals surface area contributed by atoms with Gasteiger partial charge in [0.2, 0.25) is 0 Å². The van der Waals surface area contributed by atoms with Gasteiger partial charge in [0.1, 0.15) is 17.7 Å². The molecule has 2 aliphatic heterocycles. The zero-order valence-corrected chi connectivity index (χ0v) is 20.2. The summed E-state index contributed by atoms with van der Waals surface area (Å²) >= 11 is 3.50. The maximum Gasteiger partial charge on any atom is 0.323 e. The van der Waals surface area contributed by atoms with Crippen molar-refractivity contribution < 1.29 is 13.9 Å². The summed E-state index contributed by atoms with van der Waals surface area (Å²) in [6.07, 6.45) is 3.53. The molecule has 3 N–H and O–H groups in total. The van der Waals surface area contributed by atoms with Gasteiger partial charge in [-0.3, -0.25) is 0 Å². The summed E-state index contributed by atoms with van der Waals surface area (Å²) in [7, 11) is 1.83. The summed E-state index contributed by atoms with van der Waals surface area (Å²) in [6.45, 7) is 2.84. The monoisotopic (exact) mass is 523 g/mol. The van der Waals surface area contributed by atoms with Crippen molar-refractivity contribution in [2.24, 2.45) is 0 Å². The molecule has 174 valence electrons. The van der Waals surface area contributed by atoms with Crippen molar-refractivity contribution in [2.45, 2.75) is 19.3 Å². The number of rotatable bonds is 5. The van der Waals surface area contributed by atoms with Gasteiger partial charge in [-0.25, -0.2) is 14.2 Å². The number of epoxide rings is 1. The number of likely N-dealkylation sites (N-methyl/N-ethyl adjacent to an activating group) is 1. The summed E-state index contributed by atoms with van der Waals surface area (Å²) < 4.78 is 21.4. The lowest BCUT2D eigenvalue weighted by Crippen LogP contribution is -2.28. The van der Waals surface area contributed by atoms with Crippen LogP contribution in [-0.4, -0.2) is 36.9 Å². The summed E-state index contributed by atoms with van der Waals surface area (Å²) in [5.74, 6) is 0.224. The van der Waals surface area contributed by atoms with E-state index in [1.54, 1.807) is 18.2 Å². The first-order valence-corrected chi connectivity index (χ1v) is 11.7. The van der Waals surface area contributed by atoms with Gasteiger partial charge in [0.05, 0.1) is 11.4 Å². The van der Waals surface area contributed by atoms with E-state index in [9.17, 15) is 9.18 Å².